The number of carbonyl (C=O) groups excluding carboxylic acids is 3. The third-order valence-corrected chi connectivity index (χ3v) is 7.97. The van der Waals surface area contributed by atoms with E-state index in [0.29, 0.717) is 5.56 Å². The van der Waals surface area contributed by atoms with Gasteiger partial charge < -0.3 is 25.7 Å². The molecular weight excluding hydrogens is 504 g/mol. The lowest BCUT2D eigenvalue weighted by Crippen LogP contribution is -2.60. The van der Waals surface area contributed by atoms with E-state index in [-0.39, 0.29) is 23.6 Å². The molecule has 1 saturated heterocycles. The Balaban J connectivity index is 1.90. The van der Waals surface area contributed by atoms with Crippen LogP contribution in [-0.4, -0.2) is 67.2 Å². The number of nitrogens with zero attached hydrogens (tertiary/aromatic N) is 2. The second-order valence-electron chi connectivity index (χ2n) is 10.5. The number of hydrogen-bond donors (Lipinski definition) is 4. The van der Waals surface area contributed by atoms with Gasteiger partial charge in [0.05, 0.1) is 18.0 Å². The van der Waals surface area contributed by atoms with Crippen LogP contribution < -0.4 is 10.6 Å². The van der Waals surface area contributed by atoms with Gasteiger partial charge >= 0.3 is 0 Å². The van der Waals surface area contributed by atoms with Gasteiger partial charge in [-0.3, -0.25) is 14.4 Å². The van der Waals surface area contributed by atoms with E-state index in [2.05, 4.69) is 10.6 Å². The molecule has 4 N–H and O–H groups in total. The fourth-order valence-electron chi connectivity index (χ4n) is 4.38. The number of phenolic OH excluding ortho intramolecular Hbond substituents is 1. The number of thioether (sulfide) groups is 1. The second-order valence-corrected chi connectivity index (χ2v) is 12.1. The van der Waals surface area contributed by atoms with Gasteiger partial charge in [-0.25, -0.2) is 0 Å². The minimum Gasteiger partial charge on any atom is -0.508 e. The van der Waals surface area contributed by atoms with Gasteiger partial charge in [0.2, 0.25) is 5.91 Å². The van der Waals surface area contributed by atoms with E-state index in [1.807, 2.05) is 50.2 Å². The Labute approximate surface area is 227 Å². The van der Waals surface area contributed by atoms with Crippen molar-refractivity contribution in [3.05, 3.63) is 65.2 Å². The second kappa shape index (κ2) is 11.5. The molecule has 1 fully saturated rings. The Hall–Kier alpha value is -3.55. The van der Waals surface area contributed by atoms with Crippen LogP contribution in [0.15, 0.2) is 48.5 Å². The van der Waals surface area contributed by atoms with Crippen molar-refractivity contribution < 1.29 is 24.6 Å². The van der Waals surface area contributed by atoms with Crippen LogP contribution in [0.2, 0.25) is 0 Å². The molecule has 9 nitrogen and oxygen atoms in total. The maximum Gasteiger partial charge on any atom is 0.254 e. The molecule has 0 aromatic heterocycles. The first-order valence-electron chi connectivity index (χ1n) is 12.3. The highest BCUT2D eigenvalue weighted by atomic mass is 32.2. The Bertz CT molecular complexity index is 1240. The average Bonchev–Trinajstić information content (AvgIpc) is 3.19. The highest BCUT2D eigenvalue weighted by molar-refractivity contribution is 8.00. The van der Waals surface area contributed by atoms with Crippen molar-refractivity contribution in [2.24, 2.45) is 0 Å². The van der Waals surface area contributed by atoms with Crippen LogP contribution in [0.1, 0.15) is 49.2 Å². The van der Waals surface area contributed by atoms with Crippen LogP contribution >= 0.6 is 11.8 Å². The maximum atomic E-state index is 13.7. The molecule has 1 unspecified atom stereocenters. The molecule has 3 rings (SSSR count). The van der Waals surface area contributed by atoms with Gasteiger partial charge in [-0.1, -0.05) is 36.4 Å². The molecule has 1 heterocycles. The quantitative estimate of drug-likeness (QED) is 0.404. The molecule has 0 bridgehead atoms. The van der Waals surface area contributed by atoms with Crippen LogP contribution in [-0.2, 0) is 16.0 Å². The number of benzene rings is 2. The van der Waals surface area contributed by atoms with Crippen molar-refractivity contribution in [2.75, 3.05) is 5.88 Å². The zero-order valence-corrected chi connectivity index (χ0v) is 23.0. The Morgan fingerprint density at radius 2 is 1.84 bits per heavy atom. The number of aromatic hydroxyl groups is 1. The molecular formula is C28H34N4O5S. The van der Waals surface area contributed by atoms with Crippen molar-refractivity contribution in [3.63, 3.8) is 0 Å². The fourth-order valence-corrected chi connectivity index (χ4v) is 5.52. The summed E-state index contributed by atoms with van der Waals surface area (Å²) in [6, 6.07) is 13.7. The topological polar surface area (TPSA) is 143 Å². The lowest BCUT2D eigenvalue weighted by Gasteiger charge is -2.34. The summed E-state index contributed by atoms with van der Waals surface area (Å²) in [4.78, 5) is 41.4. The highest BCUT2D eigenvalue weighted by Crippen LogP contribution is 2.40. The number of aliphatic hydroxyl groups is 1. The Kier molecular flexibility index (Phi) is 8.75. The third kappa shape index (κ3) is 6.47. The number of phenols is 1. The predicted octanol–water partition coefficient (Wildman–Crippen LogP) is 2.50. The van der Waals surface area contributed by atoms with E-state index < -0.39 is 46.2 Å². The monoisotopic (exact) mass is 538 g/mol. The first-order chi connectivity index (χ1) is 17.8. The first-order valence-corrected chi connectivity index (χ1v) is 13.2. The number of aliphatic hydroxyl groups excluding tert-OH is 1. The van der Waals surface area contributed by atoms with Crippen LogP contribution in [0.25, 0.3) is 0 Å². The maximum absolute atomic E-state index is 13.7. The van der Waals surface area contributed by atoms with E-state index in [9.17, 15) is 29.9 Å². The van der Waals surface area contributed by atoms with E-state index in [0.717, 1.165) is 5.56 Å². The molecule has 0 saturated carbocycles. The van der Waals surface area contributed by atoms with Crippen LogP contribution in [0.3, 0.4) is 0 Å². The zero-order valence-electron chi connectivity index (χ0n) is 22.2. The van der Waals surface area contributed by atoms with Crippen LogP contribution in [0.5, 0.6) is 5.75 Å². The lowest BCUT2D eigenvalue weighted by atomic mass is 9.96. The number of rotatable bonds is 8. The highest BCUT2D eigenvalue weighted by Gasteiger charge is 2.50. The lowest BCUT2D eigenvalue weighted by molar-refractivity contribution is -0.147. The van der Waals surface area contributed by atoms with E-state index in [1.54, 1.807) is 32.9 Å². The van der Waals surface area contributed by atoms with Gasteiger partial charge in [0.1, 0.15) is 17.3 Å². The summed E-state index contributed by atoms with van der Waals surface area (Å²) in [7, 11) is 0. The molecule has 3 atom stereocenters. The molecule has 0 spiro atoms. The minimum atomic E-state index is -1.66. The number of nitriles is 1. The van der Waals surface area contributed by atoms with Gasteiger partial charge in [0.25, 0.3) is 11.8 Å². The van der Waals surface area contributed by atoms with Crippen LogP contribution in [0.4, 0.5) is 0 Å². The van der Waals surface area contributed by atoms with Crippen molar-refractivity contribution in [2.45, 2.75) is 69.5 Å². The standard InChI is InChI=1S/C28H34N4O5S/c1-17-19(12-9-13-21(17)33)24(35)30-20(14-18-10-7-6-8-11-18)22(34)26(37)32-16-38-28(4,5)23(32)25(36)31-27(2,3)15-29/h6-13,20,22-23,33-34H,14,16H2,1-5H3,(H,30,35)(H,31,36)/t20-,22-,23?/m0/s1. The molecule has 38 heavy (non-hydrogen) atoms. The molecule has 0 aliphatic carbocycles. The van der Waals surface area contributed by atoms with E-state index in [4.69, 9.17) is 0 Å². The van der Waals surface area contributed by atoms with Gasteiger partial charge in [0.15, 0.2) is 6.10 Å². The molecule has 2 aromatic carbocycles. The summed E-state index contributed by atoms with van der Waals surface area (Å²) in [5.41, 5.74) is 0.241. The van der Waals surface area contributed by atoms with Crippen molar-refractivity contribution in [3.8, 4) is 11.8 Å². The summed E-state index contributed by atoms with van der Waals surface area (Å²) < 4.78 is -0.679. The summed E-state index contributed by atoms with van der Waals surface area (Å²) in [5, 5.41) is 36.2. The average molecular weight is 539 g/mol. The first kappa shape index (κ1) is 29.0. The number of nitrogens with one attached hydrogen (secondary N) is 2. The van der Waals surface area contributed by atoms with Gasteiger partial charge in [-0.15, -0.1) is 11.8 Å². The number of amides is 3. The summed E-state index contributed by atoms with van der Waals surface area (Å²) in [5.74, 6) is -1.63. The van der Waals surface area contributed by atoms with Crippen molar-refractivity contribution in [1.82, 2.24) is 15.5 Å². The Morgan fingerprint density at radius 1 is 1.18 bits per heavy atom. The molecule has 2 aromatic rings. The molecule has 0 radical (unpaired) electrons. The predicted molar refractivity (Wildman–Crippen MR) is 145 cm³/mol. The molecule has 3 amide bonds. The Morgan fingerprint density at radius 3 is 2.47 bits per heavy atom. The number of hydrogen-bond acceptors (Lipinski definition) is 7. The molecule has 10 heteroatoms. The zero-order chi connectivity index (χ0) is 28.3. The summed E-state index contributed by atoms with van der Waals surface area (Å²) in [6.07, 6.45) is -1.51. The fraction of sp³-hybridized carbons (Fsp3) is 0.429. The van der Waals surface area contributed by atoms with E-state index >= 15 is 0 Å². The third-order valence-electron chi connectivity index (χ3n) is 6.59. The SMILES string of the molecule is Cc1c(O)cccc1C(=O)N[C@@H](Cc1ccccc1)[C@H](O)C(=O)N1CSC(C)(C)C1C(=O)NC(C)(C)C#N. The van der Waals surface area contributed by atoms with Gasteiger partial charge in [-0.05, 0) is 58.7 Å². The summed E-state index contributed by atoms with van der Waals surface area (Å²) in [6.45, 7) is 8.39. The van der Waals surface area contributed by atoms with Gasteiger partial charge in [-0.2, -0.15) is 5.26 Å². The van der Waals surface area contributed by atoms with Crippen LogP contribution in [0, 0.1) is 18.3 Å². The smallest absolute Gasteiger partial charge is 0.254 e. The number of carbonyl (C=O) groups is 3. The van der Waals surface area contributed by atoms with Crippen molar-refractivity contribution >= 4 is 29.5 Å². The van der Waals surface area contributed by atoms with Gasteiger partial charge in [0, 0.05) is 15.9 Å². The molecule has 1 aliphatic rings. The normalized spacial score (nSPS) is 18.2. The minimum absolute atomic E-state index is 0.0423. The molecule has 1 aliphatic heterocycles. The largest absolute Gasteiger partial charge is 0.508 e. The van der Waals surface area contributed by atoms with E-state index in [1.165, 1.54) is 22.7 Å². The molecule has 202 valence electrons. The van der Waals surface area contributed by atoms with Crippen molar-refractivity contribution in [1.29, 1.82) is 5.26 Å². The summed E-state index contributed by atoms with van der Waals surface area (Å²) >= 11 is 1.39.